The molecule has 2 aliphatic rings. The lowest BCUT2D eigenvalue weighted by molar-refractivity contribution is -0.121. The van der Waals surface area contributed by atoms with Crippen LogP contribution in [-0.2, 0) is 19.0 Å². The molecule has 2 fully saturated rings. The van der Waals surface area contributed by atoms with Gasteiger partial charge in [-0.15, -0.1) is 0 Å². The maximum absolute atomic E-state index is 12.0. The summed E-state index contributed by atoms with van der Waals surface area (Å²) in [6, 6.07) is 6.80. The number of carbonyl (C=O) groups excluding carboxylic acids is 4. The Morgan fingerprint density at radius 2 is 1.58 bits per heavy atom. The average Bonchev–Trinajstić information content (AvgIpc) is 3.48. The normalized spacial score (nSPS) is 19.9. The number of nitrogens with one attached hydrogen (secondary N) is 4. The third kappa shape index (κ3) is 10.6. The fourth-order valence-electron chi connectivity index (χ4n) is 4.22. The molecule has 3 rings (SSSR count). The van der Waals surface area contributed by atoms with E-state index in [-0.39, 0.29) is 29.9 Å². The van der Waals surface area contributed by atoms with Crippen molar-refractivity contribution in [1.29, 1.82) is 0 Å². The van der Waals surface area contributed by atoms with Gasteiger partial charge in [0.15, 0.2) is 0 Å². The van der Waals surface area contributed by atoms with Gasteiger partial charge in [0.05, 0.1) is 51.7 Å². The molecule has 4 N–H and O–H groups in total. The number of thioether (sulfide) groups is 1. The van der Waals surface area contributed by atoms with Crippen molar-refractivity contribution in [2.75, 3.05) is 58.5 Å². The molecule has 2 heterocycles. The number of hydrogen-bond donors (Lipinski definition) is 4. The molecule has 11 nitrogen and oxygen atoms in total. The van der Waals surface area contributed by atoms with Gasteiger partial charge >= 0.3 is 6.03 Å². The van der Waals surface area contributed by atoms with Crippen LogP contribution >= 0.6 is 11.8 Å². The van der Waals surface area contributed by atoms with E-state index in [1.165, 1.54) is 0 Å². The van der Waals surface area contributed by atoms with Gasteiger partial charge in [-0.25, -0.2) is 4.79 Å². The van der Waals surface area contributed by atoms with Crippen LogP contribution in [0.15, 0.2) is 24.3 Å². The quantitative estimate of drug-likeness (QED) is 0.114. The second-order valence-corrected chi connectivity index (χ2v) is 10.3. The Morgan fingerprint density at radius 1 is 0.921 bits per heavy atom. The monoisotopic (exact) mass is 550 g/mol. The number of ether oxygens (including phenoxy) is 3. The maximum Gasteiger partial charge on any atom is 0.315 e. The van der Waals surface area contributed by atoms with Crippen LogP contribution in [0.4, 0.5) is 4.79 Å². The molecular formula is C26H38N4O7S. The number of rotatable bonds is 19. The van der Waals surface area contributed by atoms with Gasteiger partial charge < -0.3 is 35.5 Å². The van der Waals surface area contributed by atoms with E-state index in [0.29, 0.717) is 75.5 Å². The Bertz CT molecular complexity index is 902. The number of aldehydes is 1. The standard InChI is InChI=1S/C26H38N4O7S/c31-17-19-5-7-20(8-6-19)25(33)28-10-12-36-14-16-37-15-13-35-11-9-27-23(32)4-2-1-3-22-24-21(18-38-22)29-26(34)30-24/h5-8,17,21-22,24H,1-4,9-16,18H2,(H,27,32)(H,28,33)(H2,29,30,34). The van der Waals surface area contributed by atoms with Gasteiger partial charge in [0.25, 0.3) is 5.91 Å². The van der Waals surface area contributed by atoms with Crippen LogP contribution in [-0.4, -0.2) is 99.9 Å². The van der Waals surface area contributed by atoms with Crippen molar-refractivity contribution in [2.45, 2.75) is 43.0 Å². The van der Waals surface area contributed by atoms with E-state index in [1.54, 1.807) is 24.3 Å². The molecule has 1 aromatic rings. The summed E-state index contributed by atoms with van der Waals surface area (Å²) in [4.78, 5) is 46.0. The van der Waals surface area contributed by atoms with Gasteiger partial charge in [-0.05, 0) is 25.0 Å². The van der Waals surface area contributed by atoms with Crippen molar-refractivity contribution in [3.63, 3.8) is 0 Å². The van der Waals surface area contributed by atoms with E-state index < -0.39 is 0 Å². The third-order valence-corrected chi connectivity index (χ3v) is 7.74. The zero-order chi connectivity index (χ0) is 27.0. The summed E-state index contributed by atoms with van der Waals surface area (Å²) in [6.45, 7) is 3.33. The summed E-state index contributed by atoms with van der Waals surface area (Å²) in [5.41, 5.74) is 1.02. The predicted molar refractivity (Wildman–Crippen MR) is 144 cm³/mol. The van der Waals surface area contributed by atoms with Gasteiger partial charge in [-0.2, -0.15) is 11.8 Å². The van der Waals surface area contributed by atoms with E-state index in [2.05, 4.69) is 21.3 Å². The first-order valence-corrected chi connectivity index (χ1v) is 14.1. The molecule has 210 valence electrons. The largest absolute Gasteiger partial charge is 0.377 e. The molecule has 0 aromatic heterocycles. The van der Waals surface area contributed by atoms with Crippen molar-refractivity contribution in [1.82, 2.24) is 21.3 Å². The van der Waals surface area contributed by atoms with E-state index in [9.17, 15) is 19.2 Å². The molecule has 3 atom stereocenters. The van der Waals surface area contributed by atoms with Crippen molar-refractivity contribution in [3.8, 4) is 0 Å². The summed E-state index contributed by atoms with van der Waals surface area (Å²) in [5.74, 6) is 0.768. The van der Waals surface area contributed by atoms with Crippen molar-refractivity contribution in [2.24, 2.45) is 0 Å². The fourth-order valence-corrected chi connectivity index (χ4v) is 5.76. The summed E-state index contributed by atoms with van der Waals surface area (Å²) in [5, 5.41) is 12.0. The lowest BCUT2D eigenvalue weighted by atomic mass is 10.0. The van der Waals surface area contributed by atoms with Gasteiger partial charge in [0.1, 0.15) is 6.29 Å². The summed E-state index contributed by atoms with van der Waals surface area (Å²) in [6.07, 6.45) is 4.04. The highest BCUT2D eigenvalue weighted by Gasteiger charge is 2.42. The van der Waals surface area contributed by atoms with Gasteiger partial charge in [0.2, 0.25) is 5.91 Å². The first-order valence-electron chi connectivity index (χ1n) is 13.1. The Hall–Kier alpha value is -2.67. The molecule has 0 bridgehead atoms. The van der Waals surface area contributed by atoms with Crippen LogP contribution in [0.25, 0.3) is 0 Å². The Labute approximate surface area is 227 Å². The molecular weight excluding hydrogens is 512 g/mol. The average molecular weight is 551 g/mol. The number of hydrogen-bond acceptors (Lipinski definition) is 8. The molecule has 1 aromatic carbocycles. The van der Waals surface area contributed by atoms with Crippen molar-refractivity contribution >= 4 is 35.9 Å². The molecule has 4 amide bonds. The van der Waals surface area contributed by atoms with E-state index >= 15 is 0 Å². The Morgan fingerprint density at radius 3 is 2.26 bits per heavy atom. The maximum atomic E-state index is 12.0. The zero-order valence-corrected chi connectivity index (χ0v) is 22.4. The second kappa shape index (κ2) is 17.0. The van der Waals surface area contributed by atoms with Crippen LogP contribution in [0.3, 0.4) is 0 Å². The van der Waals surface area contributed by atoms with Gasteiger partial charge in [0, 0.05) is 41.6 Å². The van der Waals surface area contributed by atoms with Crippen LogP contribution in [0.1, 0.15) is 46.4 Å². The number of unbranched alkanes of at least 4 members (excludes halogenated alkanes) is 1. The van der Waals surface area contributed by atoms with Gasteiger partial charge in [-0.1, -0.05) is 18.6 Å². The molecule has 38 heavy (non-hydrogen) atoms. The number of amides is 4. The van der Waals surface area contributed by atoms with E-state index in [0.717, 1.165) is 31.3 Å². The Balaban J connectivity index is 1.04. The molecule has 3 unspecified atom stereocenters. The molecule has 2 aliphatic heterocycles. The number of urea groups is 1. The number of fused-ring (bicyclic) bond motifs is 1. The molecule has 2 saturated heterocycles. The third-order valence-electron chi connectivity index (χ3n) is 6.23. The smallest absolute Gasteiger partial charge is 0.315 e. The minimum absolute atomic E-state index is 0.0294. The Kier molecular flexibility index (Phi) is 13.4. The minimum atomic E-state index is -0.216. The predicted octanol–water partition coefficient (Wildman–Crippen LogP) is 1.12. The molecule has 0 saturated carbocycles. The van der Waals surface area contributed by atoms with E-state index in [4.69, 9.17) is 14.2 Å². The van der Waals surface area contributed by atoms with Crippen LogP contribution in [0.2, 0.25) is 0 Å². The van der Waals surface area contributed by atoms with E-state index in [1.807, 2.05) is 11.8 Å². The second-order valence-electron chi connectivity index (χ2n) is 9.05. The van der Waals surface area contributed by atoms with Crippen LogP contribution in [0.5, 0.6) is 0 Å². The topological polar surface area (TPSA) is 144 Å². The molecule has 0 aliphatic carbocycles. The van der Waals surface area contributed by atoms with Crippen LogP contribution in [0, 0.1) is 0 Å². The van der Waals surface area contributed by atoms with Crippen LogP contribution < -0.4 is 21.3 Å². The molecule has 0 radical (unpaired) electrons. The fraction of sp³-hybridized carbons (Fsp3) is 0.615. The van der Waals surface area contributed by atoms with Crippen molar-refractivity contribution < 1.29 is 33.4 Å². The summed E-state index contributed by atoms with van der Waals surface area (Å²) < 4.78 is 16.3. The number of benzene rings is 1. The lowest BCUT2D eigenvalue weighted by Gasteiger charge is -2.16. The summed E-state index contributed by atoms with van der Waals surface area (Å²) >= 11 is 1.89. The first kappa shape index (κ1) is 29.9. The molecule has 12 heteroatoms. The van der Waals surface area contributed by atoms with Gasteiger partial charge in [-0.3, -0.25) is 14.4 Å². The highest BCUT2D eigenvalue weighted by molar-refractivity contribution is 8.00. The SMILES string of the molecule is O=Cc1ccc(C(=O)NCCOCCOCCOCCNC(=O)CCCCC2SCC3NC(=O)NC32)cc1. The highest BCUT2D eigenvalue weighted by atomic mass is 32.2. The van der Waals surface area contributed by atoms with Crippen molar-refractivity contribution in [3.05, 3.63) is 35.4 Å². The minimum Gasteiger partial charge on any atom is -0.377 e. The lowest BCUT2D eigenvalue weighted by Crippen LogP contribution is -2.36. The summed E-state index contributed by atoms with van der Waals surface area (Å²) in [7, 11) is 0. The zero-order valence-electron chi connectivity index (χ0n) is 21.6. The number of carbonyl (C=O) groups is 4. The highest BCUT2D eigenvalue weighted by Crippen LogP contribution is 2.33. The molecule has 0 spiro atoms. The first-order chi connectivity index (χ1) is 18.6.